The highest BCUT2D eigenvalue weighted by atomic mass is 16.5. The van der Waals surface area contributed by atoms with Crippen LogP contribution in [0.5, 0.6) is 5.75 Å². The second kappa shape index (κ2) is 7.11. The van der Waals surface area contributed by atoms with E-state index < -0.39 is 0 Å². The minimum atomic E-state index is -0.0501. The van der Waals surface area contributed by atoms with Gasteiger partial charge in [0.05, 0.1) is 6.61 Å². The molecule has 1 aliphatic heterocycles. The van der Waals surface area contributed by atoms with E-state index in [1.807, 2.05) is 12.1 Å². The van der Waals surface area contributed by atoms with Crippen molar-refractivity contribution in [3.05, 3.63) is 29.8 Å². The van der Waals surface area contributed by atoms with Gasteiger partial charge in [-0.1, -0.05) is 6.07 Å². The van der Waals surface area contributed by atoms with Gasteiger partial charge in [-0.05, 0) is 31.2 Å². The summed E-state index contributed by atoms with van der Waals surface area (Å²) in [5.74, 6) is 0.639. The molecule has 5 nitrogen and oxygen atoms in total. The maximum atomic E-state index is 12.1. The Kier molecular flexibility index (Phi) is 5.18. The molecule has 5 heteroatoms. The Labute approximate surface area is 113 Å². The SMILES string of the molecule is COCCOc1cccc(C(=O)NC2CCNC2)c1. The highest BCUT2D eigenvalue weighted by Gasteiger charge is 2.17. The van der Waals surface area contributed by atoms with E-state index in [0.29, 0.717) is 24.5 Å². The maximum absolute atomic E-state index is 12.1. The fraction of sp³-hybridized carbons (Fsp3) is 0.500. The van der Waals surface area contributed by atoms with Gasteiger partial charge in [0.1, 0.15) is 12.4 Å². The van der Waals surface area contributed by atoms with Gasteiger partial charge < -0.3 is 20.1 Å². The van der Waals surface area contributed by atoms with E-state index in [2.05, 4.69) is 10.6 Å². The van der Waals surface area contributed by atoms with Crippen LogP contribution in [-0.4, -0.2) is 45.4 Å². The van der Waals surface area contributed by atoms with Crippen molar-refractivity contribution < 1.29 is 14.3 Å². The average molecular weight is 264 g/mol. The van der Waals surface area contributed by atoms with Gasteiger partial charge in [0.2, 0.25) is 0 Å². The number of hydrogen-bond acceptors (Lipinski definition) is 4. The van der Waals surface area contributed by atoms with Crippen LogP contribution in [0.2, 0.25) is 0 Å². The normalized spacial score (nSPS) is 18.3. The summed E-state index contributed by atoms with van der Waals surface area (Å²) in [7, 11) is 1.63. The highest BCUT2D eigenvalue weighted by Crippen LogP contribution is 2.13. The molecule has 0 bridgehead atoms. The predicted octanol–water partition coefficient (Wildman–Crippen LogP) is 0.803. The van der Waals surface area contributed by atoms with Crippen molar-refractivity contribution in [2.75, 3.05) is 33.4 Å². The van der Waals surface area contributed by atoms with E-state index in [4.69, 9.17) is 9.47 Å². The third-order valence-corrected chi connectivity index (χ3v) is 3.05. The van der Waals surface area contributed by atoms with Crippen LogP contribution in [0.3, 0.4) is 0 Å². The molecule has 0 spiro atoms. The zero-order chi connectivity index (χ0) is 13.5. The van der Waals surface area contributed by atoms with E-state index in [-0.39, 0.29) is 11.9 Å². The molecule has 1 fully saturated rings. The fourth-order valence-corrected chi connectivity index (χ4v) is 2.02. The Hall–Kier alpha value is -1.59. The molecule has 1 atom stereocenters. The van der Waals surface area contributed by atoms with E-state index in [1.54, 1.807) is 19.2 Å². The van der Waals surface area contributed by atoms with Crippen molar-refractivity contribution in [3.8, 4) is 5.75 Å². The lowest BCUT2D eigenvalue weighted by Crippen LogP contribution is -2.36. The monoisotopic (exact) mass is 264 g/mol. The molecule has 1 amide bonds. The van der Waals surface area contributed by atoms with Crippen LogP contribution >= 0.6 is 0 Å². The van der Waals surface area contributed by atoms with E-state index in [0.717, 1.165) is 19.5 Å². The zero-order valence-corrected chi connectivity index (χ0v) is 11.1. The topological polar surface area (TPSA) is 59.6 Å². The quantitative estimate of drug-likeness (QED) is 0.746. The number of hydrogen-bond donors (Lipinski definition) is 2. The molecule has 104 valence electrons. The molecule has 0 aliphatic carbocycles. The van der Waals surface area contributed by atoms with Crippen molar-refractivity contribution in [2.24, 2.45) is 0 Å². The second-order valence-electron chi connectivity index (χ2n) is 4.53. The second-order valence-corrected chi connectivity index (χ2v) is 4.53. The Morgan fingerprint density at radius 1 is 1.47 bits per heavy atom. The summed E-state index contributed by atoms with van der Waals surface area (Å²) in [5.41, 5.74) is 0.627. The smallest absolute Gasteiger partial charge is 0.251 e. The minimum absolute atomic E-state index is 0.0501. The third-order valence-electron chi connectivity index (χ3n) is 3.05. The molecular weight excluding hydrogens is 244 g/mol. The molecule has 1 heterocycles. The van der Waals surface area contributed by atoms with Crippen LogP contribution in [0.25, 0.3) is 0 Å². The summed E-state index contributed by atoms with van der Waals surface area (Å²) in [6.45, 7) is 2.82. The molecule has 1 aromatic carbocycles. The summed E-state index contributed by atoms with van der Waals surface area (Å²) >= 11 is 0. The van der Waals surface area contributed by atoms with Gasteiger partial charge in [-0.2, -0.15) is 0 Å². The Morgan fingerprint density at radius 3 is 3.11 bits per heavy atom. The molecule has 1 aromatic rings. The first-order chi connectivity index (χ1) is 9.29. The fourth-order valence-electron chi connectivity index (χ4n) is 2.02. The Morgan fingerprint density at radius 2 is 2.37 bits per heavy atom. The highest BCUT2D eigenvalue weighted by molar-refractivity contribution is 5.94. The van der Waals surface area contributed by atoms with Gasteiger partial charge in [-0.25, -0.2) is 0 Å². The lowest BCUT2D eigenvalue weighted by Gasteiger charge is -2.12. The Balaban J connectivity index is 1.91. The zero-order valence-electron chi connectivity index (χ0n) is 11.1. The van der Waals surface area contributed by atoms with Gasteiger partial charge >= 0.3 is 0 Å². The van der Waals surface area contributed by atoms with Gasteiger partial charge in [-0.15, -0.1) is 0 Å². The molecule has 19 heavy (non-hydrogen) atoms. The van der Waals surface area contributed by atoms with Crippen molar-refractivity contribution in [3.63, 3.8) is 0 Å². The van der Waals surface area contributed by atoms with Gasteiger partial charge in [-0.3, -0.25) is 4.79 Å². The minimum Gasteiger partial charge on any atom is -0.491 e. The number of rotatable bonds is 6. The predicted molar refractivity (Wildman–Crippen MR) is 72.6 cm³/mol. The van der Waals surface area contributed by atoms with Crippen LogP contribution in [0, 0.1) is 0 Å². The number of amides is 1. The van der Waals surface area contributed by atoms with Gasteiger partial charge in [0.15, 0.2) is 0 Å². The van der Waals surface area contributed by atoms with Crippen LogP contribution in [0.1, 0.15) is 16.8 Å². The van der Waals surface area contributed by atoms with E-state index >= 15 is 0 Å². The Bertz CT molecular complexity index is 417. The van der Waals surface area contributed by atoms with Crippen molar-refractivity contribution in [2.45, 2.75) is 12.5 Å². The summed E-state index contributed by atoms with van der Waals surface area (Å²) < 4.78 is 10.4. The van der Waals surface area contributed by atoms with Crippen LogP contribution in [0.4, 0.5) is 0 Å². The van der Waals surface area contributed by atoms with Crippen LogP contribution in [0.15, 0.2) is 24.3 Å². The summed E-state index contributed by atoms with van der Waals surface area (Å²) in [6, 6.07) is 7.44. The standard InChI is InChI=1S/C14H20N2O3/c1-18-7-8-19-13-4-2-3-11(9-13)14(17)16-12-5-6-15-10-12/h2-4,9,12,15H,5-8,10H2,1H3,(H,16,17). The number of ether oxygens (including phenoxy) is 2. The molecule has 0 saturated carbocycles. The summed E-state index contributed by atoms with van der Waals surface area (Å²) in [6.07, 6.45) is 0.982. The molecule has 2 N–H and O–H groups in total. The molecule has 0 aromatic heterocycles. The van der Waals surface area contributed by atoms with Crippen molar-refractivity contribution >= 4 is 5.91 Å². The van der Waals surface area contributed by atoms with Crippen LogP contribution < -0.4 is 15.4 Å². The average Bonchev–Trinajstić information content (AvgIpc) is 2.92. The van der Waals surface area contributed by atoms with Crippen molar-refractivity contribution in [1.29, 1.82) is 0 Å². The largest absolute Gasteiger partial charge is 0.491 e. The molecule has 1 aliphatic rings. The maximum Gasteiger partial charge on any atom is 0.251 e. The van der Waals surface area contributed by atoms with Gasteiger partial charge in [0, 0.05) is 25.3 Å². The molecule has 1 saturated heterocycles. The lowest BCUT2D eigenvalue weighted by molar-refractivity contribution is 0.0939. The first-order valence-corrected chi connectivity index (χ1v) is 6.53. The first kappa shape index (κ1) is 13.8. The third kappa shape index (κ3) is 4.22. The first-order valence-electron chi connectivity index (χ1n) is 6.53. The van der Waals surface area contributed by atoms with Crippen LogP contribution in [-0.2, 0) is 4.74 Å². The number of benzene rings is 1. The lowest BCUT2D eigenvalue weighted by atomic mass is 10.1. The van der Waals surface area contributed by atoms with E-state index in [1.165, 1.54) is 0 Å². The molecule has 0 radical (unpaired) electrons. The number of carbonyl (C=O) groups excluding carboxylic acids is 1. The van der Waals surface area contributed by atoms with Crippen molar-refractivity contribution in [1.82, 2.24) is 10.6 Å². The number of methoxy groups -OCH3 is 1. The van der Waals surface area contributed by atoms with Gasteiger partial charge in [0.25, 0.3) is 5.91 Å². The summed E-state index contributed by atoms with van der Waals surface area (Å²) in [4.78, 5) is 12.1. The molecular formula is C14H20N2O3. The number of nitrogens with one attached hydrogen (secondary N) is 2. The molecule has 2 rings (SSSR count). The molecule has 1 unspecified atom stereocenters. The number of carbonyl (C=O) groups is 1. The van der Waals surface area contributed by atoms with E-state index in [9.17, 15) is 4.79 Å². The summed E-state index contributed by atoms with van der Waals surface area (Å²) in [5, 5.41) is 6.23.